The molecule has 1 rings (SSSR count). The minimum absolute atomic E-state index is 0.00655. The van der Waals surface area contributed by atoms with Crippen LogP contribution in [0.1, 0.15) is 52.3 Å². The summed E-state index contributed by atoms with van der Waals surface area (Å²) < 4.78 is 1.83. The van der Waals surface area contributed by atoms with E-state index in [0.717, 1.165) is 31.6 Å². The van der Waals surface area contributed by atoms with Gasteiger partial charge in [-0.2, -0.15) is 5.10 Å². The number of nitrogens with zero attached hydrogens (tertiary/aromatic N) is 3. The second-order valence-corrected chi connectivity index (χ2v) is 5.00. The van der Waals surface area contributed by atoms with E-state index in [9.17, 15) is 0 Å². The van der Waals surface area contributed by atoms with Gasteiger partial charge >= 0.3 is 0 Å². The zero-order valence-corrected chi connectivity index (χ0v) is 13.0. The zero-order valence-electron chi connectivity index (χ0n) is 13.0. The van der Waals surface area contributed by atoms with Crippen molar-refractivity contribution in [2.45, 2.75) is 52.1 Å². The molecule has 0 aliphatic heterocycles. The van der Waals surface area contributed by atoms with Gasteiger partial charge in [0, 0.05) is 18.8 Å². The molecular formula is C14H29N5. The van der Waals surface area contributed by atoms with Gasteiger partial charge < -0.3 is 0 Å². The number of hydrogen-bond acceptors (Lipinski definition) is 4. The van der Waals surface area contributed by atoms with E-state index in [2.05, 4.69) is 43.1 Å². The summed E-state index contributed by atoms with van der Waals surface area (Å²) in [6.45, 7) is 10.9. The monoisotopic (exact) mass is 267 g/mol. The molecule has 1 heterocycles. The van der Waals surface area contributed by atoms with E-state index in [1.807, 2.05) is 24.0 Å². The maximum atomic E-state index is 5.87. The van der Waals surface area contributed by atoms with Gasteiger partial charge in [0.2, 0.25) is 0 Å². The molecule has 0 fully saturated rings. The quantitative estimate of drug-likeness (QED) is 0.557. The van der Waals surface area contributed by atoms with Crippen LogP contribution in [0.5, 0.6) is 0 Å². The average molecular weight is 267 g/mol. The van der Waals surface area contributed by atoms with Crippen LogP contribution in [0, 0.1) is 0 Å². The number of likely N-dealkylation sites (N-methyl/N-ethyl adjacent to an activating group) is 1. The van der Waals surface area contributed by atoms with E-state index >= 15 is 0 Å². The first-order valence-electron chi connectivity index (χ1n) is 7.30. The SMILES string of the molecule is CCN(CC)C(CC)(CC)C(NN)c1ccn(C)n1. The average Bonchev–Trinajstić information content (AvgIpc) is 2.85. The summed E-state index contributed by atoms with van der Waals surface area (Å²) in [5, 5.41) is 4.54. The van der Waals surface area contributed by atoms with Crippen LogP contribution in [-0.4, -0.2) is 33.3 Å². The molecule has 1 aromatic rings. The third-order valence-corrected chi connectivity index (χ3v) is 4.35. The number of aryl methyl sites for hydroxylation is 1. The van der Waals surface area contributed by atoms with Crippen LogP contribution in [0.2, 0.25) is 0 Å². The second-order valence-electron chi connectivity index (χ2n) is 5.00. The van der Waals surface area contributed by atoms with E-state index < -0.39 is 0 Å². The van der Waals surface area contributed by atoms with Crippen LogP contribution in [0.25, 0.3) is 0 Å². The van der Waals surface area contributed by atoms with Crippen molar-refractivity contribution in [2.24, 2.45) is 12.9 Å². The zero-order chi connectivity index (χ0) is 14.5. The number of aromatic nitrogens is 2. The molecule has 0 aliphatic carbocycles. The van der Waals surface area contributed by atoms with Crippen molar-refractivity contribution in [3.05, 3.63) is 18.0 Å². The largest absolute Gasteiger partial charge is 0.296 e. The van der Waals surface area contributed by atoms with Crippen molar-refractivity contribution in [3.63, 3.8) is 0 Å². The Kier molecular flexibility index (Phi) is 5.97. The molecule has 1 aromatic heterocycles. The Labute approximate surface area is 117 Å². The van der Waals surface area contributed by atoms with Gasteiger partial charge in [0.25, 0.3) is 0 Å². The maximum Gasteiger partial charge on any atom is 0.0833 e. The third-order valence-electron chi connectivity index (χ3n) is 4.35. The molecule has 3 N–H and O–H groups in total. The van der Waals surface area contributed by atoms with E-state index in [1.165, 1.54) is 0 Å². The number of hydrogen-bond donors (Lipinski definition) is 2. The molecule has 0 bridgehead atoms. The molecule has 0 saturated heterocycles. The predicted octanol–water partition coefficient (Wildman–Crippen LogP) is 1.83. The molecule has 0 amide bonds. The lowest BCUT2D eigenvalue weighted by Crippen LogP contribution is -2.57. The lowest BCUT2D eigenvalue weighted by atomic mass is 9.81. The Morgan fingerprint density at radius 3 is 2.21 bits per heavy atom. The van der Waals surface area contributed by atoms with Crippen molar-refractivity contribution in [1.29, 1.82) is 0 Å². The molecule has 1 atom stereocenters. The summed E-state index contributed by atoms with van der Waals surface area (Å²) in [5.41, 5.74) is 4.03. The Hall–Kier alpha value is -0.910. The Morgan fingerprint density at radius 1 is 1.32 bits per heavy atom. The fourth-order valence-electron chi connectivity index (χ4n) is 3.24. The first-order valence-corrected chi connectivity index (χ1v) is 7.30. The molecule has 0 aromatic carbocycles. The highest BCUT2D eigenvalue weighted by molar-refractivity contribution is 5.14. The summed E-state index contributed by atoms with van der Waals surface area (Å²) in [6, 6.07) is 2.09. The lowest BCUT2D eigenvalue weighted by molar-refractivity contribution is 0.0470. The summed E-state index contributed by atoms with van der Waals surface area (Å²) in [5.74, 6) is 5.87. The standard InChI is InChI=1S/C14H29N5/c1-6-14(7-2,19(8-3)9-4)13(16-15)12-10-11-18(5)17-12/h10-11,13,16H,6-9,15H2,1-5H3. The topological polar surface area (TPSA) is 59.1 Å². The van der Waals surface area contributed by atoms with Crippen molar-refractivity contribution in [1.82, 2.24) is 20.1 Å². The highest BCUT2D eigenvalue weighted by Crippen LogP contribution is 2.36. The summed E-state index contributed by atoms with van der Waals surface area (Å²) in [7, 11) is 1.94. The van der Waals surface area contributed by atoms with Gasteiger partial charge in [0.1, 0.15) is 0 Å². The maximum absolute atomic E-state index is 5.87. The number of nitrogens with one attached hydrogen (secondary N) is 1. The number of hydrazine groups is 1. The molecule has 19 heavy (non-hydrogen) atoms. The van der Waals surface area contributed by atoms with Gasteiger partial charge in [-0.05, 0) is 32.0 Å². The van der Waals surface area contributed by atoms with Crippen molar-refractivity contribution in [2.75, 3.05) is 13.1 Å². The van der Waals surface area contributed by atoms with Crippen molar-refractivity contribution in [3.8, 4) is 0 Å². The van der Waals surface area contributed by atoms with Crippen LogP contribution in [-0.2, 0) is 7.05 Å². The lowest BCUT2D eigenvalue weighted by Gasteiger charge is -2.47. The fraction of sp³-hybridized carbons (Fsp3) is 0.786. The molecular weight excluding hydrogens is 238 g/mol. The molecule has 1 unspecified atom stereocenters. The van der Waals surface area contributed by atoms with Crippen molar-refractivity contribution < 1.29 is 0 Å². The van der Waals surface area contributed by atoms with Gasteiger partial charge in [-0.25, -0.2) is 5.43 Å². The first kappa shape index (κ1) is 16.1. The van der Waals surface area contributed by atoms with Crippen LogP contribution < -0.4 is 11.3 Å². The van der Waals surface area contributed by atoms with E-state index in [-0.39, 0.29) is 11.6 Å². The molecule has 5 nitrogen and oxygen atoms in total. The Balaban J connectivity index is 3.20. The summed E-state index contributed by atoms with van der Waals surface area (Å²) >= 11 is 0. The van der Waals surface area contributed by atoms with Gasteiger partial charge in [0.15, 0.2) is 0 Å². The Morgan fingerprint density at radius 2 is 1.89 bits per heavy atom. The first-order chi connectivity index (χ1) is 9.09. The molecule has 5 heteroatoms. The van der Waals surface area contributed by atoms with Crippen LogP contribution in [0.15, 0.2) is 12.3 Å². The molecule has 0 spiro atoms. The van der Waals surface area contributed by atoms with E-state index in [4.69, 9.17) is 5.84 Å². The van der Waals surface area contributed by atoms with Crippen LogP contribution in [0.3, 0.4) is 0 Å². The highest BCUT2D eigenvalue weighted by Gasteiger charge is 2.41. The molecule has 110 valence electrons. The number of rotatable bonds is 8. The number of nitrogens with two attached hydrogens (primary N) is 1. The summed E-state index contributed by atoms with van der Waals surface area (Å²) in [6.07, 6.45) is 4.05. The van der Waals surface area contributed by atoms with Crippen LogP contribution >= 0.6 is 0 Å². The minimum Gasteiger partial charge on any atom is -0.296 e. The van der Waals surface area contributed by atoms with Crippen molar-refractivity contribution >= 4 is 0 Å². The Bertz CT molecular complexity index is 366. The van der Waals surface area contributed by atoms with E-state index in [0.29, 0.717) is 0 Å². The predicted molar refractivity (Wildman–Crippen MR) is 79.5 cm³/mol. The molecule has 0 aliphatic rings. The van der Waals surface area contributed by atoms with Gasteiger partial charge in [-0.15, -0.1) is 0 Å². The highest BCUT2D eigenvalue weighted by atomic mass is 15.3. The van der Waals surface area contributed by atoms with Gasteiger partial charge in [-0.1, -0.05) is 27.7 Å². The van der Waals surface area contributed by atoms with Gasteiger partial charge in [-0.3, -0.25) is 15.4 Å². The molecule has 0 saturated carbocycles. The third kappa shape index (κ3) is 2.99. The van der Waals surface area contributed by atoms with Crippen LogP contribution in [0.4, 0.5) is 0 Å². The fourth-order valence-corrected chi connectivity index (χ4v) is 3.24. The van der Waals surface area contributed by atoms with Gasteiger partial charge in [0.05, 0.1) is 11.7 Å². The normalized spacial score (nSPS) is 14.1. The second kappa shape index (κ2) is 7.03. The van der Waals surface area contributed by atoms with E-state index in [1.54, 1.807) is 0 Å². The minimum atomic E-state index is 0.00655. The summed E-state index contributed by atoms with van der Waals surface area (Å²) in [4.78, 5) is 2.49. The molecule has 0 radical (unpaired) electrons. The smallest absolute Gasteiger partial charge is 0.0833 e.